The fraction of sp³-hybridized carbons (Fsp3) is 0. The molecular weight excluding hydrogens is 560 g/mol. The van der Waals surface area contributed by atoms with Gasteiger partial charge in [-0.05, 0) is 75.6 Å². The maximum Gasteiger partial charge on any atom is 0.0933 e. The number of hydrogen-bond donors (Lipinski definition) is 2. The van der Waals surface area contributed by atoms with E-state index in [4.69, 9.17) is 5.73 Å². The number of benzene rings is 2. The number of nitrogens with zero attached hydrogens (tertiary/aromatic N) is 2. The van der Waals surface area contributed by atoms with E-state index < -0.39 is 0 Å². The van der Waals surface area contributed by atoms with Crippen LogP contribution in [0.2, 0.25) is 0 Å². The van der Waals surface area contributed by atoms with Crippen molar-refractivity contribution in [1.29, 1.82) is 0 Å². The van der Waals surface area contributed by atoms with Gasteiger partial charge in [0.2, 0.25) is 0 Å². The normalized spacial score (nSPS) is 9.86. The average molecular weight is 586 g/mol. The molecule has 0 unspecified atom stereocenters. The molecule has 2 aromatic carbocycles. The van der Waals surface area contributed by atoms with Gasteiger partial charge in [0.25, 0.3) is 0 Å². The van der Waals surface area contributed by atoms with E-state index in [2.05, 4.69) is 104 Å². The SMILES string of the molecule is Brc1ccc(-c2ccccc2)s1.Nc1cccnc1.c1ccc(-c2ccc(Nc3cccnc3)s2)cc1. The molecule has 4 aromatic heterocycles. The van der Waals surface area contributed by atoms with E-state index in [9.17, 15) is 0 Å². The van der Waals surface area contributed by atoms with Gasteiger partial charge in [-0.25, -0.2) is 0 Å². The lowest BCUT2D eigenvalue weighted by Gasteiger charge is -2.01. The zero-order valence-electron chi connectivity index (χ0n) is 19.9. The van der Waals surface area contributed by atoms with Gasteiger partial charge in [0, 0.05) is 28.3 Å². The van der Waals surface area contributed by atoms with E-state index in [1.807, 2.05) is 30.5 Å². The number of aromatic nitrogens is 2. The third-order valence-electron chi connectivity index (χ3n) is 4.91. The van der Waals surface area contributed by atoms with E-state index in [1.165, 1.54) is 24.7 Å². The molecule has 0 amide bonds. The van der Waals surface area contributed by atoms with Crippen LogP contribution in [-0.2, 0) is 0 Å². The number of thiophene rings is 2. The number of anilines is 3. The first-order valence-electron chi connectivity index (χ1n) is 11.5. The highest BCUT2D eigenvalue weighted by molar-refractivity contribution is 9.11. The third kappa shape index (κ3) is 8.68. The summed E-state index contributed by atoms with van der Waals surface area (Å²) in [6.07, 6.45) is 6.90. The first-order valence-corrected chi connectivity index (χ1v) is 13.9. The lowest BCUT2D eigenvalue weighted by atomic mass is 10.2. The van der Waals surface area contributed by atoms with Crippen LogP contribution in [0, 0.1) is 0 Å². The van der Waals surface area contributed by atoms with Crippen LogP contribution in [0.15, 0.2) is 138 Å². The number of pyridine rings is 2. The molecule has 0 saturated carbocycles. The van der Waals surface area contributed by atoms with Gasteiger partial charge in [0.1, 0.15) is 0 Å². The lowest BCUT2D eigenvalue weighted by Crippen LogP contribution is -1.86. The molecule has 7 heteroatoms. The second kappa shape index (κ2) is 14.1. The number of hydrogen-bond acceptors (Lipinski definition) is 6. The summed E-state index contributed by atoms with van der Waals surface area (Å²) in [5, 5.41) is 4.48. The van der Waals surface area contributed by atoms with Gasteiger partial charge < -0.3 is 11.1 Å². The van der Waals surface area contributed by atoms with Crippen LogP contribution >= 0.6 is 38.6 Å². The minimum Gasteiger partial charge on any atom is -0.397 e. The minimum absolute atomic E-state index is 0.711. The highest BCUT2D eigenvalue weighted by Gasteiger charge is 2.02. The van der Waals surface area contributed by atoms with Gasteiger partial charge in [0.05, 0.1) is 26.4 Å². The number of halogens is 1. The van der Waals surface area contributed by atoms with E-state index in [1.54, 1.807) is 53.4 Å². The molecule has 0 radical (unpaired) electrons. The van der Waals surface area contributed by atoms with Crippen molar-refractivity contribution in [2.24, 2.45) is 0 Å². The maximum atomic E-state index is 5.30. The van der Waals surface area contributed by atoms with Crippen molar-refractivity contribution in [2.75, 3.05) is 11.1 Å². The molecule has 184 valence electrons. The van der Waals surface area contributed by atoms with Gasteiger partial charge >= 0.3 is 0 Å². The summed E-state index contributed by atoms with van der Waals surface area (Å²) in [5.74, 6) is 0. The van der Waals surface area contributed by atoms with Gasteiger partial charge in [-0.3, -0.25) is 9.97 Å². The van der Waals surface area contributed by atoms with Crippen LogP contribution in [0.4, 0.5) is 16.4 Å². The van der Waals surface area contributed by atoms with Gasteiger partial charge in [-0.15, -0.1) is 22.7 Å². The van der Waals surface area contributed by atoms with Crippen LogP contribution in [0.3, 0.4) is 0 Å². The Morgan fingerprint density at radius 3 is 1.68 bits per heavy atom. The molecule has 37 heavy (non-hydrogen) atoms. The Bertz CT molecular complexity index is 1460. The molecule has 0 bridgehead atoms. The quantitative estimate of drug-likeness (QED) is 0.216. The van der Waals surface area contributed by atoms with Crippen LogP contribution < -0.4 is 11.1 Å². The summed E-state index contributed by atoms with van der Waals surface area (Å²) in [4.78, 5) is 10.4. The van der Waals surface area contributed by atoms with Gasteiger partial charge in [0.15, 0.2) is 0 Å². The predicted octanol–water partition coefficient (Wildman–Crippen LogP) is 9.40. The monoisotopic (exact) mass is 584 g/mol. The van der Waals surface area contributed by atoms with Gasteiger partial charge in [-0.2, -0.15) is 0 Å². The first kappa shape index (κ1) is 26.3. The van der Waals surface area contributed by atoms with Crippen molar-refractivity contribution in [3.63, 3.8) is 0 Å². The molecular formula is C30H25BrN4S2. The molecule has 0 atom stereocenters. The average Bonchev–Trinajstić information content (AvgIpc) is 3.61. The van der Waals surface area contributed by atoms with Crippen molar-refractivity contribution < 1.29 is 0 Å². The Morgan fingerprint density at radius 1 is 0.595 bits per heavy atom. The first-order chi connectivity index (χ1) is 18.2. The fourth-order valence-corrected chi connectivity index (χ4v) is 5.51. The number of rotatable bonds is 4. The summed E-state index contributed by atoms with van der Waals surface area (Å²) >= 11 is 6.95. The molecule has 4 nitrogen and oxygen atoms in total. The van der Waals surface area contributed by atoms with Crippen molar-refractivity contribution in [3.8, 4) is 20.9 Å². The molecule has 3 N–H and O–H groups in total. The highest BCUT2D eigenvalue weighted by Crippen LogP contribution is 2.33. The molecule has 6 aromatic rings. The Morgan fingerprint density at radius 2 is 1.19 bits per heavy atom. The molecule has 0 aliphatic heterocycles. The Balaban J connectivity index is 0.000000144. The smallest absolute Gasteiger partial charge is 0.0933 e. The van der Waals surface area contributed by atoms with Crippen molar-refractivity contribution >= 4 is 55.0 Å². The predicted molar refractivity (Wildman–Crippen MR) is 163 cm³/mol. The van der Waals surface area contributed by atoms with Crippen LogP contribution in [0.25, 0.3) is 20.9 Å². The molecule has 0 aliphatic carbocycles. The fourth-order valence-electron chi connectivity index (χ4n) is 3.19. The highest BCUT2D eigenvalue weighted by atomic mass is 79.9. The maximum absolute atomic E-state index is 5.30. The minimum atomic E-state index is 0.711. The van der Waals surface area contributed by atoms with Crippen LogP contribution in [0.1, 0.15) is 0 Å². The molecule has 4 heterocycles. The zero-order valence-corrected chi connectivity index (χ0v) is 23.1. The Labute approximate surface area is 233 Å². The van der Waals surface area contributed by atoms with Crippen LogP contribution in [0.5, 0.6) is 0 Å². The van der Waals surface area contributed by atoms with E-state index >= 15 is 0 Å². The summed E-state index contributed by atoms with van der Waals surface area (Å²) < 4.78 is 1.18. The number of nitrogens with one attached hydrogen (secondary N) is 1. The van der Waals surface area contributed by atoms with Crippen molar-refractivity contribution in [2.45, 2.75) is 0 Å². The summed E-state index contributed by atoms with van der Waals surface area (Å²) in [6, 6.07) is 36.8. The topological polar surface area (TPSA) is 63.8 Å². The molecule has 0 aliphatic rings. The van der Waals surface area contributed by atoms with Gasteiger partial charge in [-0.1, -0.05) is 60.7 Å². The van der Waals surface area contributed by atoms with Crippen LogP contribution in [-0.4, -0.2) is 9.97 Å². The molecule has 0 saturated heterocycles. The van der Waals surface area contributed by atoms with E-state index in [0.717, 1.165) is 10.7 Å². The Kier molecular flexibility index (Phi) is 10.0. The summed E-state index contributed by atoms with van der Waals surface area (Å²) in [6.45, 7) is 0. The number of nitrogens with two attached hydrogens (primary N) is 1. The molecule has 6 rings (SSSR count). The van der Waals surface area contributed by atoms with Crippen molar-refractivity contribution in [3.05, 3.63) is 138 Å². The zero-order chi connectivity index (χ0) is 25.7. The summed E-state index contributed by atoms with van der Waals surface area (Å²) in [5.41, 5.74) is 9.56. The molecule has 0 fully saturated rings. The lowest BCUT2D eigenvalue weighted by molar-refractivity contribution is 1.33. The van der Waals surface area contributed by atoms with Crippen molar-refractivity contribution in [1.82, 2.24) is 9.97 Å². The second-order valence-electron chi connectivity index (χ2n) is 7.65. The third-order valence-corrected chi connectivity index (χ3v) is 7.63. The summed E-state index contributed by atoms with van der Waals surface area (Å²) in [7, 11) is 0. The number of nitrogen functional groups attached to an aromatic ring is 1. The van der Waals surface area contributed by atoms with E-state index in [0.29, 0.717) is 5.69 Å². The second-order valence-corrected chi connectivity index (χ2v) is 11.2. The Hall–Kier alpha value is -3.78. The standard InChI is InChI=1S/C15H12N2S.C10H7BrS.C5H6N2/c1-2-5-12(6-3-1)14-8-9-15(18-14)17-13-7-4-10-16-11-13;11-10-7-6-9(12-10)8-4-2-1-3-5-8;6-5-2-1-3-7-4-5/h1-11,17H;1-7H;1-4H,6H2. The molecule has 0 spiro atoms. The van der Waals surface area contributed by atoms with E-state index in [-0.39, 0.29) is 0 Å². The largest absolute Gasteiger partial charge is 0.397 e.